The number of amides is 1. The molecule has 23 heavy (non-hydrogen) atoms. The number of rotatable bonds is 6. The van der Waals surface area contributed by atoms with Crippen LogP contribution in [0.2, 0.25) is 0 Å². The van der Waals surface area contributed by atoms with E-state index in [9.17, 15) is 4.79 Å². The molecule has 2 N–H and O–H groups in total. The van der Waals surface area contributed by atoms with Crippen molar-refractivity contribution in [1.82, 2.24) is 25.4 Å². The predicted octanol–water partition coefficient (Wildman–Crippen LogP) is 1.51. The first-order valence-corrected chi connectivity index (χ1v) is 9.02. The molecule has 0 aliphatic carbocycles. The van der Waals surface area contributed by atoms with Crippen LogP contribution in [0.1, 0.15) is 36.8 Å². The molecule has 2 aromatic heterocycles. The molecule has 0 aromatic carbocycles. The van der Waals surface area contributed by atoms with Crippen molar-refractivity contribution in [1.29, 1.82) is 0 Å². The molecule has 2 atom stereocenters. The highest BCUT2D eigenvalue weighted by molar-refractivity contribution is 7.09. The van der Waals surface area contributed by atoms with Crippen LogP contribution in [0.3, 0.4) is 0 Å². The Balaban J connectivity index is 1.51. The highest BCUT2D eigenvalue weighted by Gasteiger charge is 2.25. The summed E-state index contributed by atoms with van der Waals surface area (Å²) in [4.78, 5) is 13.4. The molecule has 0 saturated carbocycles. The fourth-order valence-corrected chi connectivity index (χ4v) is 3.59. The zero-order chi connectivity index (χ0) is 16.2. The first-order chi connectivity index (χ1) is 11.2. The van der Waals surface area contributed by atoms with Gasteiger partial charge >= 0.3 is 0 Å². The van der Waals surface area contributed by atoms with Gasteiger partial charge in [-0.1, -0.05) is 13.0 Å². The van der Waals surface area contributed by atoms with Gasteiger partial charge in [-0.25, -0.2) is 0 Å². The Bertz CT molecular complexity index is 638. The molecule has 3 rings (SSSR count). The molecule has 0 fully saturated rings. The van der Waals surface area contributed by atoms with Crippen LogP contribution >= 0.6 is 11.3 Å². The van der Waals surface area contributed by atoms with Crippen LogP contribution in [0.25, 0.3) is 0 Å². The molecule has 3 heterocycles. The molecular weight excluding hydrogens is 310 g/mol. The second kappa shape index (κ2) is 7.23. The van der Waals surface area contributed by atoms with Crippen molar-refractivity contribution < 1.29 is 4.79 Å². The van der Waals surface area contributed by atoms with Crippen LogP contribution < -0.4 is 10.6 Å². The van der Waals surface area contributed by atoms with E-state index < -0.39 is 0 Å². The molecule has 124 valence electrons. The zero-order valence-corrected chi connectivity index (χ0v) is 14.4. The third-order valence-corrected chi connectivity index (χ3v) is 5.11. The van der Waals surface area contributed by atoms with Gasteiger partial charge in [0.25, 0.3) is 0 Å². The third kappa shape index (κ3) is 3.79. The summed E-state index contributed by atoms with van der Waals surface area (Å²) in [6.45, 7) is 5.46. The molecule has 0 saturated heterocycles. The number of aryl methyl sites for hydroxylation is 2. The maximum Gasteiger partial charge on any atom is 0.237 e. The number of thiophene rings is 1. The maximum absolute atomic E-state index is 12.2. The number of nitrogens with one attached hydrogen (secondary N) is 2. The van der Waals surface area contributed by atoms with Crippen molar-refractivity contribution in [3.63, 3.8) is 0 Å². The minimum absolute atomic E-state index is 0.0451. The smallest absolute Gasteiger partial charge is 0.237 e. The van der Waals surface area contributed by atoms with E-state index in [0.717, 1.165) is 37.5 Å². The number of aromatic nitrogens is 3. The summed E-state index contributed by atoms with van der Waals surface area (Å²) in [7, 11) is 0. The average molecular weight is 333 g/mol. The van der Waals surface area contributed by atoms with E-state index in [1.54, 1.807) is 11.3 Å². The van der Waals surface area contributed by atoms with Gasteiger partial charge in [0.2, 0.25) is 5.91 Å². The molecule has 1 aliphatic heterocycles. The summed E-state index contributed by atoms with van der Waals surface area (Å²) < 4.78 is 2.19. The van der Waals surface area contributed by atoms with E-state index in [1.165, 1.54) is 4.88 Å². The van der Waals surface area contributed by atoms with Gasteiger partial charge < -0.3 is 15.2 Å². The SMILES string of the molecule is CCc1nnc2n1C[C@@H](N[C@H](C)C(=O)NCc1cccs1)CC2. The largest absolute Gasteiger partial charge is 0.350 e. The molecule has 1 aliphatic rings. The van der Waals surface area contributed by atoms with Crippen molar-refractivity contribution in [3.05, 3.63) is 34.0 Å². The predicted molar refractivity (Wildman–Crippen MR) is 90.3 cm³/mol. The summed E-state index contributed by atoms with van der Waals surface area (Å²) in [5.74, 6) is 2.14. The molecule has 0 radical (unpaired) electrons. The number of hydrogen-bond acceptors (Lipinski definition) is 5. The summed E-state index contributed by atoms with van der Waals surface area (Å²) >= 11 is 1.66. The van der Waals surface area contributed by atoms with Gasteiger partial charge in [-0.2, -0.15) is 0 Å². The fourth-order valence-electron chi connectivity index (χ4n) is 2.95. The summed E-state index contributed by atoms with van der Waals surface area (Å²) in [6, 6.07) is 4.11. The first kappa shape index (κ1) is 16.1. The summed E-state index contributed by atoms with van der Waals surface area (Å²) in [5.41, 5.74) is 0. The molecule has 6 nitrogen and oxygen atoms in total. The topological polar surface area (TPSA) is 71.8 Å². The van der Waals surface area contributed by atoms with Gasteiger partial charge in [0.15, 0.2) is 0 Å². The Kier molecular flexibility index (Phi) is 5.07. The van der Waals surface area contributed by atoms with Crippen LogP contribution in [-0.2, 0) is 30.7 Å². The zero-order valence-electron chi connectivity index (χ0n) is 13.6. The normalized spacial score (nSPS) is 18.4. The van der Waals surface area contributed by atoms with E-state index in [-0.39, 0.29) is 18.0 Å². The van der Waals surface area contributed by atoms with Crippen molar-refractivity contribution in [2.75, 3.05) is 0 Å². The highest BCUT2D eigenvalue weighted by Crippen LogP contribution is 2.16. The summed E-state index contributed by atoms with van der Waals surface area (Å²) in [6.07, 6.45) is 2.79. The standard InChI is InChI=1S/C16H23N5OS/c1-3-14-19-20-15-7-6-12(10-21(14)15)18-11(2)16(22)17-9-13-5-4-8-23-13/h4-5,8,11-12,18H,3,6-7,9-10H2,1-2H3,(H,17,22)/t11-,12+/m1/s1. The molecule has 7 heteroatoms. The lowest BCUT2D eigenvalue weighted by Gasteiger charge is -2.27. The average Bonchev–Trinajstić information content (AvgIpc) is 3.21. The van der Waals surface area contributed by atoms with Crippen molar-refractivity contribution in [3.8, 4) is 0 Å². The Morgan fingerprint density at radius 1 is 1.52 bits per heavy atom. The lowest BCUT2D eigenvalue weighted by Crippen LogP contribution is -2.49. The number of hydrogen-bond donors (Lipinski definition) is 2. The van der Waals surface area contributed by atoms with Crippen LogP contribution in [0.4, 0.5) is 0 Å². The number of carbonyl (C=O) groups is 1. The third-order valence-electron chi connectivity index (χ3n) is 4.24. The molecule has 1 amide bonds. The quantitative estimate of drug-likeness (QED) is 0.841. The van der Waals surface area contributed by atoms with Crippen molar-refractivity contribution in [2.24, 2.45) is 0 Å². The molecule has 0 spiro atoms. The molecule has 0 bridgehead atoms. The van der Waals surface area contributed by atoms with E-state index in [0.29, 0.717) is 6.54 Å². The Morgan fingerprint density at radius 3 is 3.13 bits per heavy atom. The molecule has 0 unspecified atom stereocenters. The Labute approximate surface area is 140 Å². The van der Waals surface area contributed by atoms with E-state index in [4.69, 9.17) is 0 Å². The Hall–Kier alpha value is -1.73. The van der Waals surface area contributed by atoms with Crippen LogP contribution in [-0.4, -0.2) is 32.8 Å². The van der Waals surface area contributed by atoms with Crippen molar-refractivity contribution in [2.45, 2.75) is 58.3 Å². The lowest BCUT2D eigenvalue weighted by atomic mass is 10.1. The molecular formula is C16H23N5OS. The maximum atomic E-state index is 12.2. The second-order valence-corrected chi connectivity index (χ2v) is 6.95. The van der Waals surface area contributed by atoms with Gasteiger partial charge in [-0.05, 0) is 24.8 Å². The van der Waals surface area contributed by atoms with Crippen LogP contribution in [0.15, 0.2) is 17.5 Å². The van der Waals surface area contributed by atoms with Gasteiger partial charge in [0.05, 0.1) is 12.6 Å². The fraction of sp³-hybridized carbons (Fsp3) is 0.562. The van der Waals surface area contributed by atoms with E-state index in [2.05, 4.69) is 32.3 Å². The highest BCUT2D eigenvalue weighted by atomic mass is 32.1. The molecule has 2 aromatic rings. The van der Waals surface area contributed by atoms with Gasteiger partial charge in [-0.3, -0.25) is 4.79 Å². The lowest BCUT2D eigenvalue weighted by molar-refractivity contribution is -0.123. The Morgan fingerprint density at radius 2 is 2.39 bits per heavy atom. The minimum atomic E-state index is -0.205. The second-order valence-electron chi connectivity index (χ2n) is 5.92. The van der Waals surface area contributed by atoms with Gasteiger partial charge in [0.1, 0.15) is 11.6 Å². The monoisotopic (exact) mass is 333 g/mol. The van der Waals surface area contributed by atoms with Gasteiger partial charge in [-0.15, -0.1) is 21.5 Å². The van der Waals surface area contributed by atoms with E-state index >= 15 is 0 Å². The first-order valence-electron chi connectivity index (χ1n) is 8.14. The minimum Gasteiger partial charge on any atom is -0.350 e. The van der Waals surface area contributed by atoms with E-state index in [1.807, 2.05) is 24.4 Å². The summed E-state index contributed by atoms with van der Waals surface area (Å²) in [5, 5.41) is 16.9. The number of nitrogens with zero attached hydrogens (tertiary/aromatic N) is 3. The van der Waals surface area contributed by atoms with Crippen molar-refractivity contribution >= 4 is 17.2 Å². The van der Waals surface area contributed by atoms with Crippen LogP contribution in [0.5, 0.6) is 0 Å². The van der Waals surface area contributed by atoms with Crippen LogP contribution in [0, 0.1) is 0 Å². The number of carbonyl (C=O) groups excluding carboxylic acids is 1. The number of fused-ring (bicyclic) bond motifs is 1. The van der Waals surface area contributed by atoms with Gasteiger partial charge in [0, 0.05) is 30.3 Å².